The molecule has 0 saturated heterocycles. The summed E-state index contributed by atoms with van der Waals surface area (Å²) in [6.07, 6.45) is 2.67. The Morgan fingerprint density at radius 1 is 1.42 bits per heavy atom. The number of hydrogen-bond donors (Lipinski definition) is 2. The highest BCUT2D eigenvalue weighted by Crippen LogP contribution is 2.25. The van der Waals surface area contributed by atoms with Crippen molar-refractivity contribution in [2.24, 2.45) is 11.7 Å². The van der Waals surface area contributed by atoms with E-state index in [2.05, 4.69) is 16.3 Å². The highest BCUT2D eigenvalue weighted by molar-refractivity contribution is 5.92. The molecule has 0 unspecified atom stereocenters. The van der Waals surface area contributed by atoms with E-state index in [1.165, 1.54) is 5.56 Å². The van der Waals surface area contributed by atoms with Crippen LogP contribution in [-0.2, 0) is 11.3 Å². The third kappa shape index (κ3) is 4.04. The normalized spacial score (nSPS) is 22.7. The minimum absolute atomic E-state index is 0.0764. The lowest BCUT2D eigenvalue weighted by atomic mass is 10.1. The first kappa shape index (κ1) is 14.0. The van der Waals surface area contributed by atoms with E-state index in [0.717, 1.165) is 31.5 Å². The molecule has 0 aliphatic heterocycles. The standard InChI is InChI=1S/C15H23N3O/c1-18(2)10-11-4-3-5-14(8-11)17-15(19)12-6-7-13(16)9-12/h3-5,8,12-13H,6-7,9-10,16H2,1-2H3,(H,17,19)/t12-,13-/m0/s1. The van der Waals surface area contributed by atoms with E-state index in [9.17, 15) is 4.79 Å². The molecule has 0 spiro atoms. The second-order valence-corrected chi connectivity index (χ2v) is 5.70. The first-order valence-corrected chi connectivity index (χ1v) is 6.84. The molecule has 1 aromatic rings. The van der Waals surface area contributed by atoms with Crippen LogP contribution in [-0.4, -0.2) is 30.9 Å². The summed E-state index contributed by atoms with van der Waals surface area (Å²) in [6, 6.07) is 8.21. The third-order valence-electron chi connectivity index (χ3n) is 3.54. The van der Waals surface area contributed by atoms with Crippen molar-refractivity contribution in [3.8, 4) is 0 Å². The Labute approximate surface area is 115 Å². The van der Waals surface area contributed by atoms with Crippen LogP contribution in [0.1, 0.15) is 24.8 Å². The smallest absolute Gasteiger partial charge is 0.227 e. The van der Waals surface area contributed by atoms with Gasteiger partial charge in [-0.3, -0.25) is 4.79 Å². The molecule has 3 N–H and O–H groups in total. The average Bonchev–Trinajstić information content (AvgIpc) is 2.75. The fraction of sp³-hybridized carbons (Fsp3) is 0.533. The minimum atomic E-state index is 0.0764. The zero-order chi connectivity index (χ0) is 13.8. The van der Waals surface area contributed by atoms with Crippen LogP contribution in [0.5, 0.6) is 0 Å². The van der Waals surface area contributed by atoms with Gasteiger partial charge in [0.05, 0.1) is 0 Å². The summed E-state index contributed by atoms with van der Waals surface area (Å²) in [6.45, 7) is 0.873. The molecule has 2 rings (SSSR count). The van der Waals surface area contributed by atoms with Crippen molar-refractivity contribution in [1.29, 1.82) is 0 Å². The first-order chi connectivity index (χ1) is 9.04. The van der Waals surface area contributed by atoms with Gasteiger partial charge in [-0.2, -0.15) is 0 Å². The maximum Gasteiger partial charge on any atom is 0.227 e. The highest BCUT2D eigenvalue weighted by Gasteiger charge is 2.27. The van der Waals surface area contributed by atoms with Crippen LogP contribution in [0.25, 0.3) is 0 Å². The van der Waals surface area contributed by atoms with E-state index in [1.807, 2.05) is 32.3 Å². The molecule has 19 heavy (non-hydrogen) atoms. The first-order valence-electron chi connectivity index (χ1n) is 6.84. The van der Waals surface area contributed by atoms with Gasteiger partial charge in [-0.15, -0.1) is 0 Å². The molecule has 4 heteroatoms. The molecule has 1 fully saturated rings. The monoisotopic (exact) mass is 261 g/mol. The minimum Gasteiger partial charge on any atom is -0.328 e. The van der Waals surface area contributed by atoms with E-state index in [4.69, 9.17) is 5.73 Å². The lowest BCUT2D eigenvalue weighted by Crippen LogP contribution is -2.23. The zero-order valence-electron chi connectivity index (χ0n) is 11.7. The number of rotatable bonds is 4. The van der Waals surface area contributed by atoms with Crippen molar-refractivity contribution in [2.45, 2.75) is 31.8 Å². The number of carbonyl (C=O) groups excluding carboxylic acids is 1. The Kier molecular flexibility index (Phi) is 4.56. The third-order valence-corrected chi connectivity index (χ3v) is 3.54. The van der Waals surface area contributed by atoms with Crippen LogP contribution in [0.3, 0.4) is 0 Å². The summed E-state index contributed by atoms with van der Waals surface area (Å²) in [5, 5.41) is 3.01. The van der Waals surface area contributed by atoms with Crippen LogP contribution in [0.2, 0.25) is 0 Å². The SMILES string of the molecule is CN(C)Cc1cccc(NC(=O)[C@H]2CC[C@H](N)C2)c1. The predicted octanol–water partition coefficient (Wildman–Crippen LogP) is 1.81. The molecule has 0 bridgehead atoms. The molecular formula is C15H23N3O. The summed E-state index contributed by atoms with van der Waals surface area (Å²) < 4.78 is 0. The van der Waals surface area contributed by atoms with Gasteiger partial charge in [0.2, 0.25) is 5.91 Å². The van der Waals surface area contributed by atoms with Crippen molar-refractivity contribution in [2.75, 3.05) is 19.4 Å². The fourth-order valence-corrected chi connectivity index (χ4v) is 2.61. The molecule has 4 nitrogen and oxygen atoms in total. The van der Waals surface area contributed by atoms with Gasteiger partial charge in [-0.1, -0.05) is 12.1 Å². The predicted molar refractivity (Wildman–Crippen MR) is 77.8 cm³/mol. The van der Waals surface area contributed by atoms with Gasteiger partial charge in [0.15, 0.2) is 0 Å². The summed E-state index contributed by atoms with van der Waals surface area (Å²) in [5.41, 5.74) is 7.93. The molecule has 1 amide bonds. The number of benzene rings is 1. The highest BCUT2D eigenvalue weighted by atomic mass is 16.1. The summed E-state index contributed by atoms with van der Waals surface area (Å²) >= 11 is 0. The van der Waals surface area contributed by atoms with E-state index in [0.29, 0.717) is 0 Å². The summed E-state index contributed by atoms with van der Waals surface area (Å²) in [5.74, 6) is 0.183. The molecule has 0 radical (unpaired) electrons. The van der Waals surface area contributed by atoms with Crippen LogP contribution < -0.4 is 11.1 Å². The van der Waals surface area contributed by atoms with E-state index < -0.39 is 0 Å². The average molecular weight is 261 g/mol. The molecule has 1 aliphatic carbocycles. The fourth-order valence-electron chi connectivity index (χ4n) is 2.61. The van der Waals surface area contributed by atoms with Gasteiger partial charge in [0.25, 0.3) is 0 Å². The van der Waals surface area contributed by atoms with E-state index >= 15 is 0 Å². The van der Waals surface area contributed by atoms with Crippen LogP contribution in [0.15, 0.2) is 24.3 Å². The maximum atomic E-state index is 12.1. The van der Waals surface area contributed by atoms with Gasteiger partial charge in [0, 0.05) is 24.2 Å². The zero-order valence-corrected chi connectivity index (χ0v) is 11.7. The quantitative estimate of drug-likeness (QED) is 0.869. The molecule has 0 aromatic heterocycles. The van der Waals surface area contributed by atoms with Crippen LogP contribution in [0.4, 0.5) is 5.69 Å². The van der Waals surface area contributed by atoms with Crippen molar-refractivity contribution in [3.05, 3.63) is 29.8 Å². The molecule has 1 aromatic carbocycles. The van der Waals surface area contributed by atoms with Gasteiger partial charge in [-0.05, 0) is 51.1 Å². The largest absolute Gasteiger partial charge is 0.328 e. The van der Waals surface area contributed by atoms with Gasteiger partial charge in [0.1, 0.15) is 0 Å². The Bertz CT molecular complexity index is 445. The number of anilines is 1. The molecule has 2 atom stereocenters. The molecule has 104 valence electrons. The Balaban J connectivity index is 1.96. The topological polar surface area (TPSA) is 58.4 Å². The number of amides is 1. The number of nitrogens with one attached hydrogen (secondary N) is 1. The second kappa shape index (κ2) is 6.17. The molecule has 0 heterocycles. The van der Waals surface area contributed by atoms with Crippen LogP contribution >= 0.6 is 0 Å². The van der Waals surface area contributed by atoms with Crippen molar-refractivity contribution >= 4 is 11.6 Å². The Morgan fingerprint density at radius 3 is 2.84 bits per heavy atom. The van der Waals surface area contributed by atoms with E-state index in [-0.39, 0.29) is 17.9 Å². The lowest BCUT2D eigenvalue weighted by molar-refractivity contribution is -0.119. The Hall–Kier alpha value is -1.39. The van der Waals surface area contributed by atoms with Gasteiger partial charge < -0.3 is 16.0 Å². The second-order valence-electron chi connectivity index (χ2n) is 5.70. The number of carbonyl (C=O) groups is 1. The van der Waals surface area contributed by atoms with E-state index in [1.54, 1.807) is 0 Å². The lowest BCUT2D eigenvalue weighted by Gasteiger charge is -2.13. The van der Waals surface area contributed by atoms with Gasteiger partial charge >= 0.3 is 0 Å². The van der Waals surface area contributed by atoms with Crippen LogP contribution in [0, 0.1) is 5.92 Å². The molecular weight excluding hydrogens is 238 g/mol. The number of hydrogen-bond acceptors (Lipinski definition) is 3. The maximum absolute atomic E-state index is 12.1. The Morgan fingerprint density at radius 2 is 2.21 bits per heavy atom. The molecule has 1 saturated carbocycles. The number of nitrogens with two attached hydrogens (primary N) is 1. The van der Waals surface area contributed by atoms with Crippen molar-refractivity contribution < 1.29 is 4.79 Å². The van der Waals surface area contributed by atoms with Crippen molar-refractivity contribution in [1.82, 2.24) is 4.90 Å². The molecule has 1 aliphatic rings. The van der Waals surface area contributed by atoms with Crippen molar-refractivity contribution in [3.63, 3.8) is 0 Å². The summed E-state index contributed by atoms with van der Waals surface area (Å²) in [4.78, 5) is 14.2. The number of nitrogens with zero attached hydrogens (tertiary/aromatic N) is 1. The van der Waals surface area contributed by atoms with Gasteiger partial charge in [-0.25, -0.2) is 0 Å². The summed E-state index contributed by atoms with van der Waals surface area (Å²) in [7, 11) is 4.07.